The predicted molar refractivity (Wildman–Crippen MR) is 119 cm³/mol. The fraction of sp³-hybridized carbons (Fsp3) is 0.545. The Morgan fingerprint density at radius 2 is 2.03 bits per heavy atom. The predicted octanol–water partition coefficient (Wildman–Crippen LogP) is 2.87. The summed E-state index contributed by atoms with van der Waals surface area (Å²) in [6.45, 7) is 10.3. The number of aryl methyl sites for hydroxylation is 2. The summed E-state index contributed by atoms with van der Waals surface area (Å²) in [5.74, 6) is 1.69. The molecule has 0 spiro atoms. The minimum Gasteiger partial charge on any atom is -0.491 e. The highest BCUT2D eigenvalue weighted by Gasteiger charge is 2.16. The van der Waals surface area contributed by atoms with Crippen LogP contribution in [0, 0.1) is 6.92 Å². The molecule has 2 N–H and O–H groups in total. The smallest absolute Gasteiger partial charge is 0.191 e. The normalized spacial score (nSPS) is 13.1. The summed E-state index contributed by atoms with van der Waals surface area (Å²) in [5.41, 5.74) is 3.44. The van der Waals surface area contributed by atoms with E-state index in [1.807, 2.05) is 31.8 Å². The lowest BCUT2D eigenvalue weighted by Gasteiger charge is -2.24. The first-order valence-electron chi connectivity index (χ1n) is 10.2. The van der Waals surface area contributed by atoms with Crippen molar-refractivity contribution in [2.45, 2.75) is 46.4 Å². The van der Waals surface area contributed by atoms with Crippen LogP contribution in [0.25, 0.3) is 0 Å². The molecule has 0 aliphatic heterocycles. The van der Waals surface area contributed by atoms with Crippen molar-refractivity contribution in [2.24, 2.45) is 12.0 Å². The number of hydrogen-bond acceptors (Lipinski definition) is 4. The van der Waals surface area contributed by atoms with Gasteiger partial charge in [-0.2, -0.15) is 5.10 Å². The van der Waals surface area contributed by atoms with Crippen molar-refractivity contribution in [3.05, 3.63) is 47.3 Å². The van der Waals surface area contributed by atoms with Crippen LogP contribution in [0.2, 0.25) is 0 Å². The number of aliphatic imine (C=N–C) groups is 1. The quantitative estimate of drug-likeness (QED) is 0.500. The molecule has 1 atom stereocenters. The van der Waals surface area contributed by atoms with Crippen LogP contribution in [-0.2, 0) is 13.6 Å². The number of ether oxygens (including phenoxy) is 1. The second-order valence-corrected chi connectivity index (χ2v) is 7.78. The Bertz CT molecular complexity index is 796. The van der Waals surface area contributed by atoms with Gasteiger partial charge in [-0.1, -0.05) is 12.1 Å². The number of guanidine groups is 1. The Kier molecular flexibility index (Phi) is 8.51. The Balaban J connectivity index is 2.11. The molecule has 0 bridgehead atoms. The highest BCUT2D eigenvalue weighted by molar-refractivity contribution is 5.79. The molecule has 0 radical (unpaired) electrons. The highest BCUT2D eigenvalue weighted by atomic mass is 16.5. The van der Waals surface area contributed by atoms with Crippen LogP contribution in [0.3, 0.4) is 0 Å². The van der Waals surface area contributed by atoms with Crippen LogP contribution < -0.4 is 15.4 Å². The van der Waals surface area contributed by atoms with Gasteiger partial charge in [0.15, 0.2) is 5.96 Å². The number of likely N-dealkylation sites (N-methyl/N-ethyl adjacent to an activating group) is 1. The summed E-state index contributed by atoms with van der Waals surface area (Å²) in [5, 5.41) is 11.1. The van der Waals surface area contributed by atoms with Crippen molar-refractivity contribution < 1.29 is 4.74 Å². The van der Waals surface area contributed by atoms with Gasteiger partial charge in [0, 0.05) is 37.5 Å². The first kappa shape index (κ1) is 22.7. The molecular formula is C22H36N6O. The topological polar surface area (TPSA) is 66.7 Å². The van der Waals surface area contributed by atoms with Gasteiger partial charge in [0.1, 0.15) is 5.75 Å². The SMILES string of the molecule is CCNC(=NCc1ccc(C)cc1OC(C)C)NCC(c1cnn(C)c1)N(C)C. The molecule has 7 nitrogen and oxygen atoms in total. The molecule has 1 aromatic heterocycles. The first-order chi connectivity index (χ1) is 13.8. The molecule has 2 aromatic rings. The van der Waals surface area contributed by atoms with Gasteiger partial charge < -0.3 is 20.3 Å². The maximum Gasteiger partial charge on any atom is 0.191 e. The van der Waals surface area contributed by atoms with Gasteiger partial charge in [-0.15, -0.1) is 0 Å². The standard InChI is InChI=1S/C22H36N6O/c1-8-23-22(25-14-20(27(5)6)19-13-26-28(7)15-19)24-12-18-10-9-17(4)11-21(18)29-16(2)3/h9-11,13,15-16,20H,8,12,14H2,1-7H3,(H2,23,24,25). The molecule has 7 heteroatoms. The van der Waals surface area contributed by atoms with E-state index in [-0.39, 0.29) is 12.1 Å². The molecule has 2 rings (SSSR count). The molecule has 1 aromatic carbocycles. The first-order valence-corrected chi connectivity index (χ1v) is 10.2. The van der Waals surface area contributed by atoms with Crippen molar-refractivity contribution in [2.75, 3.05) is 27.2 Å². The van der Waals surface area contributed by atoms with Gasteiger partial charge >= 0.3 is 0 Å². The third kappa shape index (κ3) is 7.09. The van der Waals surface area contributed by atoms with Crippen molar-refractivity contribution in [1.29, 1.82) is 0 Å². The third-order valence-electron chi connectivity index (χ3n) is 4.53. The summed E-state index contributed by atoms with van der Waals surface area (Å²) in [4.78, 5) is 6.97. The zero-order valence-electron chi connectivity index (χ0n) is 18.9. The van der Waals surface area contributed by atoms with E-state index < -0.39 is 0 Å². The van der Waals surface area contributed by atoms with Crippen LogP contribution in [-0.4, -0.2) is 53.9 Å². The average Bonchev–Trinajstić information content (AvgIpc) is 3.06. The second kappa shape index (κ2) is 10.9. The number of benzene rings is 1. The Labute approximate surface area is 175 Å². The Morgan fingerprint density at radius 1 is 1.28 bits per heavy atom. The lowest BCUT2D eigenvalue weighted by atomic mass is 10.1. The average molecular weight is 401 g/mol. The van der Waals surface area contributed by atoms with Gasteiger partial charge in [-0.05, 0) is 53.4 Å². The maximum atomic E-state index is 5.98. The van der Waals surface area contributed by atoms with Crippen LogP contribution >= 0.6 is 0 Å². The molecule has 0 saturated carbocycles. The monoisotopic (exact) mass is 400 g/mol. The van der Waals surface area contributed by atoms with E-state index >= 15 is 0 Å². The molecule has 160 valence electrons. The maximum absolute atomic E-state index is 5.98. The van der Waals surface area contributed by atoms with E-state index in [9.17, 15) is 0 Å². The van der Waals surface area contributed by atoms with E-state index in [1.165, 1.54) is 11.1 Å². The van der Waals surface area contributed by atoms with Crippen LogP contribution in [0.1, 0.15) is 43.5 Å². The largest absolute Gasteiger partial charge is 0.491 e. The molecule has 0 aliphatic carbocycles. The van der Waals surface area contributed by atoms with E-state index in [2.05, 4.69) is 73.0 Å². The minimum atomic E-state index is 0.131. The molecule has 29 heavy (non-hydrogen) atoms. The molecule has 0 fully saturated rings. The van der Waals surface area contributed by atoms with Crippen molar-refractivity contribution in [1.82, 2.24) is 25.3 Å². The van der Waals surface area contributed by atoms with Gasteiger partial charge in [-0.25, -0.2) is 4.99 Å². The summed E-state index contributed by atoms with van der Waals surface area (Å²) in [6.07, 6.45) is 4.10. The molecule has 0 amide bonds. The van der Waals surface area contributed by atoms with Gasteiger partial charge in [0.05, 0.1) is 24.9 Å². The highest BCUT2D eigenvalue weighted by Crippen LogP contribution is 2.22. The van der Waals surface area contributed by atoms with Crippen LogP contribution in [0.5, 0.6) is 5.75 Å². The fourth-order valence-electron chi connectivity index (χ4n) is 3.07. The van der Waals surface area contributed by atoms with Gasteiger partial charge in [0.25, 0.3) is 0 Å². The molecule has 1 heterocycles. The summed E-state index contributed by atoms with van der Waals surface area (Å²) < 4.78 is 7.81. The number of aromatic nitrogens is 2. The lowest BCUT2D eigenvalue weighted by molar-refractivity contribution is 0.240. The number of nitrogens with zero attached hydrogens (tertiary/aromatic N) is 4. The molecule has 1 unspecified atom stereocenters. The van der Waals surface area contributed by atoms with E-state index in [0.29, 0.717) is 6.54 Å². The van der Waals surface area contributed by atoms with Crippen molar-refractivity contribution in [3.63, 3.8) is 0 Å². The van der Waals surface area contributed by atoms with E-state index in [1.54, 1.807) is 0 Å². The molecule has 0 aliphatic rings. The van der Waals surface area contributed by atoms with Gasteiger partial charge in [-0.3, -0.25) is 4.68 Å². The summed E-state index contributed by atoms with van der Waals surface area (Å²) >= 11 is 0. The molecule has 0 saturated heterocycles. The van der Waals surface area contributed by atoms with Crippen LogP contribution in [0.15, 0.2) is 35.6 Å². The zero-order valence-corrected chi connectivity index (χ0v) is 18.9. The zero-order chi connectivity index (χ0) is 21.4. The summed E-state index contributed by atoms with van der Waals surface area (Å²) in [6, 6.07) is 6.48. The Morgan fingerprint density at radius 3 is 2.62 bits per heavy atom. The summed E-state index contributed by atoms with van der Waals surface area (Å²) in [7, 11) is 6.09. The number of nitrogens with one attached hydrogen (secondary N) is 2. The number of hydrogen-bond donors (Lipinski definition) is 2. The minimum absolute atomic E-state index is 0.131. The Hall–Kier alpha value is -2.54. The van der Waals surface area contributed by atoms with E-state index in [0.717, 1.165) is 30.4 Å². The van der Waals surface area contributed by atoms with Crippen molar-refractivity contribution >= 4 is 5.96 Å². The third-order valence-corrected chi connectivity index (χ3v) is 4.53. The van der Waals surface area contributed by atoms with Crippen LogP contribution in [0.4, 0.5) is 0 Å². The fourth-order valence-corrected chi connectivity index (χ4v) is 3.07. The van der Waals surface area contributed by atoms with Gasteiger partial charge in [0.2, 0.25) is 0 Å². The van der Waals surface area contributed by atoms with E-state index in [4.69, 9.17) is 9.73 Å². The van der Waals surface area contributed by atoms with Crippen molar-refractivity contribution in [3.8, 4) is 5.75 Å². The second-order valence-electron chi connectivity index (χ2n) is 7.78. The lowest BCUT2D eigenvalue weighted by Crippen LogP contribution is -2.41. The number of rotatable bonds is 9. The molecular weight excluding hydrogens is 364 g/mol.